The fourth-order valence-electron chi connectivity index (χ4n) is 0.420. The Morgan fingerprint density at radius 2 is 1.20 bits per heavy atom. The van der Waals surface area contributed by atoms with Gasteiger partial charge in [-0.3, -0.25) is 14.1 Å². The number of halogens is 3. The normalized spacial score (nSPS) is 6.00. The molecule has 1 aromatic rings. The summed E-state index contributed by atoms with van der Waals surface area (Å²) in [6, 6.07) is 9.62. The third kappa shape index (κ3) is 5.37. The summed E-state index contributed by atoms with van der Waals surface area (Å²) in [7, 11) is 0. The van der Waals surface area contributed by atoms with Gasteiger partial charge in [-0.2, -0.15) is 0 Å². The highest BCUT2D eigenvalue weighted by Gasteiger charge is 1.74. The predicted octanol–water partition coefficient (Wildman–Crippen LogP) is 2.70. The lowest BCUT2D eigenvalue weighted by Gasteiger charge is -1.80. The van der Waals surface area contributed by atoms with Gasteiger partial charge in [-0.05, 0) is 12.1 Å². The van der Waals surface area contributed by atoms with Crippen LogP contribution in [0.25, 0.3) is 0 Å². The zero-order valence-electron chi connectivity index (χ0n) is 5.02. The van der Waals surface area contributed by atoms with Crippen molar-refractivity contribution < 1.29 is 14.1 Å². The van der Waals surface area contributed by atoms with E-state index >= 15 is 0 Å². The number of rotatable bonds is 0. The molecule has 0 amide bonds. The van der Waals surface area contributed by atoms with Crippen LogP contribution >= 0.6 is 12.6 Å². The SMILES string of the molecule is F.F.F.[S]c1ccccc1. The van der Waals surface area contributed by atoms with Gasteiger partial charge in [0.15, 0.2) is 0 Å². The molecule has 0 aliphatic carbocycles. The van der Waals surface area contributed by atoms with Crippen molar-refractivity contribution in [3.05, 3.63) is 30.3 Å². The van der Waals surface area contributed by atoms with Gasteiger partial charge in [0.05, 0.1) is 0 Å². The first-order chi connectivity index (χ1) is 3.39. The highest BCUT2D eigenvalue weighted by atomic mass is 32.1. The molecule has 0 aliphatic rings. The minimum Gasteiger partial charge on any atom is -0.269 e. The molecule has 0 aromatic heterocycles. The average Bonchev–Trinajstić information content (AvgIpc) is 1.69. The zero-order valence-corrected chi connectivity index (χ0v) is 5.84. The van der Waals surface area contributed by atoms with Crippen LogP contribution in [0, 0.1) is 0 Å². The van der Waals surface area contributed by atoms with E-state index in [9.17, 15) is 0 Å². The van der Waals surface area contributed by atoms with Crippen molar-refractivity contribution in [3.63, 3.8) is 0 Å². The second kappa shape index (κ2) is 8.23. The summed E-state index contributed by atoms with van der Waals surface area (Å²) >= 11 is 4.81. The quantitative estimate of drug-likeness (QED) is 0.560. The molecule has 0 N–H and O–H groups in total. The van der Waals surface area contributed by atoms with Crippen molar-refractivity contribution in [2.75, 3.05) is 0 Å². The van der Waals surface area contributed by atoms with E-state index in [-0.39, 0.29) is 14.1 Å². The predicted molar refractivity (Wildman–Crippen MR) is 39.8 cm³/mol. The molecule has 59 valence electrons. The lowest BCUT2D eigenvalue weighted by molar-refractivity contribution is 1.11. The van der Waals surface area contributed by atoms with Gasteiger partial charge in [-0.1, -0.05) is 30.8 Å². The Labute approximate surface area is 62.8 Å². The first-order valence-electron chi connectivity index (χ1n) is 2.11. The number of hydrogen-bond acceptors (Lipinski definition) is 0. The molecule has 10 heavy (non-hydrogen) atoms. The number of hydrogen-bond donors (Lipinski definition) is 0. The maximum absolute atomic E-state index is 4.81. The van der Waals surface area contributed by atoms with Gasteiger partial charge >= 0.3 is 0 Å². The third-order valence-electron chi connectivity index (χ3n) is 0.743. The van der Waals surface area contributed by atoms with E-state index in [1.54, 1.807) is 0 Å². The summed E-state index contributed by atoms with van der Waals surface area (Å²) in [6.45, 7) is 0. The molecule has 0 nitrogen and oxygen atoms in total. The Kier molecular flexibility index (Phi) is 13.3. The highest BCUT2D eigenvalue weighted by molar-refractivity contribution is 7.80. The van der Waals surface area contributed by atoms with Crippen LogP contribution in [0.3, 0.4) is 0 Å². The molecule has 1 rings (SSSR count). The van der Waals surface area contributed by atoms with E-state index in [1.807, 2.05) is 30.3 Å². The molecule has 1 radical (unpaired) electrons. The number of benzene rings is 1. The largest absolute Gasteiger partial charge is 0.269 e. The summed E-state index contributed by atoms with van der Waals surface area (Å²) in [5.41, 5.74) is 0. The van der Waals surface area contributed by atoms with Gasteiger partial charge in [0, 0.05) is 4.90 Å². The van der Waals surface area contributed by atoms with E-state index < -0.39 is 0 Å². The fraction of sp³-hybridized carbons (Fsp3) is 0. The standard InChI is InChI=1S/C6H5S.3FH/c7-6-4-2-1-3-5-6;;;/h1-5H;3*1H. The van der Waals surface area contributed by atoms with E-state index in [0.717, 1.165) is 4.90 Å². The first-order valence-corrected chi connectivity index (χ1v) is 2.52. The third-order valence-corrected chi connectivity index (χ3v) is 1.02. The molecule has 1 aromatic carbocycles. The van der Waals surface area contributed by atoms with E-state index in [4.69, 9.17) is 12.6 Å². The smallest absolute Gasteiger partial charge is 0.0377 e. The molecular formula is C6H8F3S. The lowest BCUT2D eigenvalue weighted by atomic mass is 10.4. The molecule has 0 bridgehead atoms. The van der Waals surface area contributed by atoms with E-state index in [1.165, 1.54) is 0 Å². The molecule has 0 fully saturated rings. The zero-order chi connectivity index (χ0) is 5.11. The first kappa shape index (κ1) is 16.1. The van der Waals surface area contributed by atoms with Crippen molar-refractivity contribution in [2.45, 2.75) is 4.90 Å². The fourth-order valence-corrected chi connectivity index (χ4v) is 0.578. The van der Waals surface area contributed by atoms with Crippen LogP contribution in [0.15, 0.2) is 35.2 Å². The summed E-state index contributed by atoms with van der Waals surface area (Å²) in [6.07, 6.45) is 0. The summed E-state index contributed by atoms with van der Waals surface area (Å²) < 4.78 is 0. The summed E-state index contributed by atoms with van der Waals surface area (Å²) in [5, 5.41) is 0. The molecular weight excluding hydrogens is 161 g/mol. The van der Waals surface area contributed by atoms with Gasteiger partial charge < -0.3 is 0 Å². The molecule has 4 heteroatoms. The lowest BCUT2D eigenvalue weighted by Crippen LogP contribution is -1.56. The van der Waals surface area contributed by atoms with Crippen LogP contribution < -0.4 is 0 Å². The van der Waals surface area contributed by atoms with Crippen molar-refractivity contribution in [2.24, 2.45) is 0 Å². The van der Waals surface area contributed by atoms with Crippen LogP contribution in [0.5, 0.6) is 0 Å². The van der Waals surface area contributed by atoms with Gasteiger partial charge in [-0.25, -0.2) is 0 Å². The molecule has 0 spiro atoms. The van der Waals surface area contributed by atoms with Crippen LogP contribution in [0.1, 0.15) is 0 Å². The van der Waals surface area contributed by atoms with Crippen LogP contribution in [0.2, 0.25) is 0 Å². The Hall–Kier alpha value is -0.770. The van der Waals surface area contributed by atoms with Crippen LogP contribution in [-0.2, 0) is 0 Å². The minimum absolute atomic E-state index is 0. The second-order valence-electron chi connectivity index (χ2n) is 1.31. The maximum Gasteiger partial charge on any atom is 0.0377 e. The van der Waals surface area contributed by atoms with Crippen molar-refractivity contribution in [3.8, 4) is 0 Å². The maximum atomic E-state index is 4.81. The van der Waals surface area contributed by atoms with Crippen LogP contribution in [0.4, 0.5) is 14.1 Å². The summed E-state index contributed by atoms with van der Waals surface area (Å²) in [4.78, 5) is 0.905. The van der Waals surface area contributed by atoms with Crippen LogP contribution in [-0.4, -0.2) is 0 Å². The monoisotopic (exact) mass is 169 g/mol. The molecule has 0 saturated carbocycles. The van der Waals surface area contributed by atoms with Gasteiger partial charge in [0.25, 0.3) is 0 Å². The van der Waals surface area contributed by atoms with E-state index in [2.05, 4.69) is 0 Å². The van der Waals surface area contributed by atoms with Gasteiger partial charge in [-0.15, -0.1) is 0 Å². The molecule has 0 saturated heterocycles. The molecule has 0 unspecified atom stereocenters. The Balaban J connectivity index is -0.000000163. The molecule has 0 heterocycles. The minimum atomic E-state index is 0. The molecule has 0 atom stereocenters. The highest BCUT2D eigenvalue weighted by Crippen LogP contribution is 2.00. The Morgan fingerprint density at radius 3 is 1.40 bits per heavy atom. The topological polar surface area (TPSA) is 0 Å². The Morgan fingerprint density at radius 1 is 0.800 bits per heavy atom. The summed E-state index contributed by atoms with van der Waals surface area (Å²) in [5.74, 6) is 0. The van der Waals surface area contributed by atoms with Crippen molar-refractivity contribution in [1.82, 2.24) is 0 Å². The Bertz CT molecular complexity index is 143. The van der Waals surface area contributed by atoms with Gasteiger partial charge in [0.2, 0.25) is 0 Å². The van der Waals surface area contributed by atoms with Gasteiger partial charge in [0.1, 0.15) is 0 Å². The van der Waals surface area contributed by atoms with E-state index in [0.29, 0.717) is 0 Å². The van der Waals surface area contributed by atoms with Crippen molar-refractivity contribution >= 4 is 12.6 Å². The van der Waals surface area contributed by atoms with Crippen molar-refractivity contribution in [1.29, 1.82) is 0 Å². The second-order valence-corrected chi connectivity index (χ2v) is 1.78. The average molecular weight is 169 g/mol. The molecule has 0 aliphatic heterocycles.